The first-order chi connectivity index (χ1) is 11.2. The molecule has 1 fully saturated rings. The number of benzene rings is 1. The first kappa shape index (κ1) is 19.5. The molecular weight excluding hydrogens is 318 g/mol. The smallest absolute Gasteiger partial charge is 0.207 e. The van der Waals surface area contributed by atoms with Crippen LogP contribution in [0.15, 0.2) is 17.0 Å². The number of hydrogen-bond donors (Lipinski definition) is 0. The Balaban J connectivity index is 2.70. The molecule has 1 saturated heterocycles. The molecule has 3 nitrogen and oxygen atoms in total. The van der Waals surface area contributed by atoms with Gasteiger partial charge in [-0.3, -0.25) is 0 Å². The second-order valence-electron chi connectivity index (χ2n) is 7.96. The van der Waals surface area contributed by atoms with E-state index in [1.165, 1.54) is 5.56 Å². The third kappa shape index (κ3) is 3.85. The molecule has 0 spiro atoms. The molecule has 4 heteroatoms. The van der Waals surface area contributed by atoms with E-state index in [-0.39, 0.29) is 11.8 Å². The van der Waals surface area contributed by atoms with Crippen LogP contribution < -0.4 is 0 Å². The van der Waals surface area contributed by atoms with Crippen LogP contribution in [-0.4, -0.2) is 25.8 Å². The lowest BCUT2D eigenvalue weighted by atomic mass is 9.89. The highest BCUT2D eigenvalue weighted by Gasteiger charge is 2.32. The average molecular weight is 352 g/mol. The Morgan fingerprint density at radius 3 is 1.62 bits per heavy atom. The molecule has 2 rings (SSSR count). The number of rotatable bonds is 5. The summed E-state index contributed by atoms with van der Waals surface area (Å²) in [4.78, 5) is 0.582. The van der Waals surface area contributed by atoms with E-state index < -0.39 is 10.0 Å². The molecular formula is C20H33NO2S. The summed E-state index contributed by atoms with van der Waals surface area (Å²) in [6, 6.07) is 4.25. The molecule has 0 unspecified atom stereocenters. The zero-order valence-electron chi connectivity index (χ0n) is 16.1. The molecule has 136 valence electrons. The zero-order chi connectivity index (χ0) is 18.1. The highest BCUT2D eigenvalue weighted by Crippen LogP contribution is 2.37. The zero-order valence-corrected chi connectivity index (χ0v) is 16.9. The monoisotopic (exact) mass is 351 g/mol. The molecule has 0 aromatic heterocycles. The Morgan fingerprint density at radius 2 is 1.25 bits per heavy atom. The van der Waals surface area contributed by atoms with E-state index in [0.29, 0.717) is 23.9 Å². The van der Waals surface area contributed by atoms with Crippen LogP contribution in [0.4, 0.5) is 0 Å². The molecule has 1 heterocycles. The molecule has 0 radical (unpaired) electrons. The van der Waals surface area contributed by atoms with Crippen molar-refractivity contribution < 1.29 is 8.42 Å². The Kier molecular flexibility index (Phi) is 6.14. The summed E-state index contributed by atoms with van der Waals surface area (Å²) in [7, 11) is -3.42. The maximum atomic E-state index is 13.4. The Hall–Kier alpha value is -0.870. The van der Waals surface area contributed by atoms with E-state index >= 15 is 0 Å². The van der Waals surface area contributed by atoms with E-state index in [2.05, 4.69) is 53.7 Å². The summed E-state index contributed by atoms with van der Waals surface area (Å²) in [5, 5.41) is 0. The van der Waals surface area contributed by atoms with Gasteiger partial charge < -0.3 is 0 Å². The van der Waals surface area contributed by atoms with Crippen molar-refractivity contribution in [3.05, 3.63) is 28.8 Å². The van der Waals surface area contributed by atoms with E-state index in [4.69, 9.17) is 0 Å². The van der Waals surface area contributed by atoms with Crippen LogP contribution in [0.2, 0.25) is 0 Å². The number of hydrogen-bond acceptors (Lipinski definition) is 2. The summed E-state index contributed by atoms with van der Waals surface area (Å²) in [6.45, 7) is 14.0. The summed E-state index contributed by atoms with van der Waals surface area (Å²) < 4.78 is 28.6. The lowest BCUT2D eigenvalue weighted by molar-refractivity contribution is 0.346. The predicted molar refractivity (Wildman–Crippen MR) is 101 cm³/mol. The van der Waals surface area contributed by atoms with E-state index in [1.54, 1.807) is 4.31 Å². The van der Waals surface area contributed by atoms with Gasteiger partial charge in [0.2, 0.25) is 10.0 Å². The standard InChI is InChI=1S/C20H33NO2S/c1-14(2)17-12-18(15(3)4)20(19(13-17)16(5)6)24(22,23)21-10-8-7-9-11-21/h12-16H,7-11H2,1-6H3. The van der Waals surface area contributed by atoms with Crippen molar-refractivity contribution in [3.8, 4) is 0 Å². The second-order valence-corrected chi connectivity index (χ2v) is 9.83. The largest absolute Gasteiger partial charge is 0.243 e. The first-order valence-corrected chi connectivity index (χ1v) is 10.8. The normalized spacial score (nSPS) is 17.2. The van der Waals surface area contributed by atoms with Crippen LogP contribution >= 0.6 is 0 Å². The van der Waals surface area contributed by atoms with Crippen molar-refractivity contribution in [2.75, 3.05) is 13.1 Å². The van der Waals surface area contributed by atoms with Crippen molar-refractivity contribution in [1.82, 2.24) is 4.31 Å². The minimum absolute atomic E-state index is 0.191. The third-order valence-electron chi connectivity index (χ3n) is 4.99. The number of sulfonamides is 1. The van der Waals surface area contributed by atoms with Crippen molar-refractivity contribution in [1.29, 1.82) is 0 Å². The fourth-order valence-electron chi connectivity index (χ4n) is 3.42. The van der Waals surface area contributed by atoms with Crippen LogP contribution in [0.3, 0.4) is 0 Å². The number of nitrogens with zero attached hydrogens (tertiary/aromatic N) is 1. The van der Waals surface area contributed by atoms with Gasteiger partial charge in [-0.15, -0.1) is 0 Å². The van der Waals surface area contributed by atoms with E-state index in [0.717, 1.165) is 30.4 Å². The molecule has 0 bridgehead atoms. The van der Waals surface area contributed by atoms with Gasteiger partial charge in [-0.2, -0.15) is 4.31 Å². The minimum Gasteiger partial charge on any atom is -0.207 e. The van der Waals surface area contributed by atoms with Gasteiger partial charge in [0.1, 0.15) is 0 Å². The second kappa shape index (κ2) is 7.57. The van der Waals surface area contributed by atoms with Gasteiger partial charge in [0.15, 0.2) is 0 Å². The maximum absolute atomic E-state index is 13.4. The van der Waals surface area contributed by atoms with Gasteiger partial charge in [-0.25, -0.2) is 8.42 Å². The van der Waals surface area contributed by atoms with Gasteiger partial charge in [0, 0.05) is 13.1 Å². The number of piperidine rings is 1. The quantitative estimate of drug-likeness (QED) is 0.728. The summed E-state index contributed by atoms with van der Waals surface area (Å²) in [5.74, 6) is 0.776. The van der Waals surface area contributed by atoms with Gasteiger partial charge in [0.25, 0.3) is 0 Å². The van der Waals surface area contributed by atoms with Crippen LogP contribution in [0.1, 0.15) is 95.2 Å². The highest BCUT2D eigenvalue weighted by atomic mass is 32.2. The maximum Gasteiger partial charge on any atom is 0.243 e. The molecule has 0 N–H and O–H groups in total. The molecule has 0 amide bonds. The molecule has 0 saturated carbocycles. The van der Waals surface area contributed by atoms with Gasteiger partial charge >= 0.3 is 0 Å². The lowest BCUT2D eigenvalue weighted by Gasteiger charge is -2.30. The van der Waals surface area contributed by atoms with Crippen LogP contribution in [-0.2, 0) is 10.0 Å². The fraction of sp³-hybridized carbons (Fsp3) is 0.700. The van der Waals surface area contributed by atoms with Crippen LogP contribution in [0, 0.1) is 0 Å². The van der Waals surface area contributed by atoms with Gasteiger partial charge in [-0.1, -0.05) is 60.1 Å². The summed E-state index contributed by atoms with van der Waals surface area (Å²) >= 11 is 0. The Labute approximate surface area is 148 Å². The molecule has 0 atom stereocenters. The first-order valence-electron chi connectivity index (χ1n) is 9.34. The molecule has 1 aliphatic rings. The molecule has 1 aromatic carbocycles. The molecule has 24 heavy (non-hydrogen) atoms. The average Bonchev–Trinajstić information content (AvgIpc) is 2.54. The van der Waals surface area contributed by atoms with Gasteiger partial charge in [-0.05, 0) is 47.3 Å². The Morgan fingerprint density at radius 1 is 0.792 bits per heavy atom. The van der Waals surface area contributed by atoms with Crippen molar-refractivity contribution in [2.45, 2.75) is 83.5 Å². The highest BCUT2D eigenvalue weighted by molar-refractivity contribution is 7.89. The SMILES string of the molecule is CC(C)c1cc(C(C)C)c(S(=O)(=O)N2CCCCC2)c(C(C)C)c1. The lowest BCUT2D eigenvalue weighted by Crippen LogP contribution is -2.36. The van der Waals surface area contributed by atoms with E-state index in [1.807, 2.05) is 0 Å². The van der Waals surface area contributed by atoms with E-state index in [9.17, 15) is 8.42 Å². The predicted octanol–water partition coefficient (Wildman–Crippen LogP) is 5.23. The Bertz CT molecular complexity index is 640. The topological polar surface area (TPSA) is 37.4 Å². The third-order valence-corrected chi connectivity index (χ3v) is 7.02. The minimum atomic E-state index is -3.42. The van der Waals surface area contributed by atoms with Crippen molar-refractivity contribution >= 4 is 10.0 Å². The summed E-state index contributed by atoms with van der Waals surface area (Å²) in [5.41, 5.74) is 3.20. The molecule has 1 aliphatic heterocycles. The summed E-state index contributed by atoms with van der Waals surface area (Å²) in [6.07, 6.45) is 3.07. The van der Waals surface area contributed by atoms with Crippen LogP contribution in [0.5, 0.6) is 0 Å². The molecule has 0 aliphatic carbocycles. The fourth-order valence-corrected chi connectivity index (χ4v) is 5.60. The van der Waals surface area contributed by atoms with Crippen molar-refractivity contribution in [2.24, 2.45) is 0 Å². The van der Waals surface area contributed by atoms with Crippen molar-refractivity contribution in [3.63, 3.8) is 0 Å². The van der Waals surface area contributed by atoms with Crippen LogP contribution in [0.25, 0.3) is 0 Å². The van der Waals surface area contributed by atoms with Gasteiger partial charge in [0.05, 0.1) is 4.90 Å². The molecule has 1 aromatic rings.